The van der Waals surface area contributed by atoms with Gasteiger partial charge < -0.3 is 15.2 Å². The second-order valence-electron chi connectivity index (χ2n) is 5.09. The molecule has 0 radical (unpaired) electrons. The summed E-state index contributed by atoms with van der Waals surface area (Å²) in [5.41, 5.74) is 8.02. The molecule has 5 nitrogen and oxygen atoms in total. The summed E-state index contributed by atoms with van der Waals surface area (Å²) in [6.07, 6.45) is 3.59. The van der Waals surface area contributed by atoms with Crippen LogP contribution in [-0.4, -0.2) is 22.9 Å². The minimum Gasteiger partial charge on any atom is -0.493 e. The molecule has 0 aliphatic carbocycles. The minimum absolute atomic E-state index is 0.120. The van der Waals surface area contributed by atoms with E-state index in [0.717, 1.165) is 35.6 Å². The topological polar surface area (TPSA) is 62.3 Å². The van der Waals surface area contributed by atoms with Crippen LogP contribution in [0.2, 0.25) is 0 Å². The molecule has 21 heavy (non-hydrogen) atoms. The Labute approximate surface area is 125 Å². The standard InChI is InChI=1S/C16H23N3O2/c1-4-13(17)10-12-6-5-7-15(20-3)16(12)21-11-14-8-9-19(2)18-14/h5-9,13H,4,10-11,17H2,1-3H3. The Morgan fingerprint density at radius 2 is 2.14 bits per heavy atom. The molecule has 0 aliphatic rings. The van der Waals surface area contributed by atoms with Gasteiger partial charge in [0, 0.05) is 19.3 Å². The molecule has 2 rings (SSSR count). The number of hydrogen-bond donors (Lipinski definition) is 1. The Morgan fingerprint density at radius 1 is 1.33 bits per heavy atom. The summed E-state index contributed by atoms with van der Waals surface area (Å²) in [5.74, 6) is 1.49. The highest BCUT2D eigenvalue weighted by molar-refractivity contribution is 5.47. The zero-order valence-corrected chi connectivity index (χ0v) is 12.9. The van der Waals surface area contributed by atoms with Gasteiger partial charge in [0.2, 0.25) is 0 Å². The number of ether oxygens (including phenoxy) is 2. The maximum Gasteiger partial charge on any atom is 0.164 e. The van der Waals surface area contributed by atoms with Crippen LogP contribution >= 0.6 is 0 Å². The molecule has 0 spiro atoms. The molecule has 0 aliphatic heterocycles. The summed E-state index contributed by atoms with van der Waals surface area (Å²) in [6, 6.07) is 7.95. The van der Waals surface area contributed by atoms with Gasteiger partial charge in [0.25, 0.3) is 0 Å². The van der Waals surface area contributed by atoms with Gasteiger partial charge in [0.15, 0.2) is 11.5 Å². The van der Waals surface area contributed by atoms with Crippen LogP contribution in [0.25, 0.3) is 0 Å². The molecule has 0 bridgehead atoms. The highest BCUT2D eigenvalue weighted by Crippen LogP contribution is 2.32. The van der Waals surface area contributed by atoms with Crippen molar-refractivity contribution in [2.75, 3.05) is 7.11 Å². The molecule has 0 saturated heterocycles. The van der Waals surface area contributed by atoms with Crippen LogP contribution in [0, 0.1) is 0 Å². The second kappa shape index (κ2) is 7.13. The third kappa shape index (κ3) is 3.98. The van der Waals surface area contributed by atoms with Gasteiger partial charge in [-0.2, -0.15) is 5.10 Å². The Kier molecular flexibility index (Phi) is 5.22. The van der Waals surface area contributed by atoms with Gasteiger partial charge >= 0.3 is 0 Å². The van der Waals surface area contributed by atoms with Gasteiger partial charge in [-0.25, -0.2) is 0 Å². The van der Waals surface area contributed by atoms with E-state index in [9.17, 15) is 0 Å². The Bertz CT molecular complexity index is 581. The number of para-hydroxylation sites is 1. The maximum absolute atomic E-state index is 6.06. The average molecular weight is 289 g/mol. The summed E-state index contributed by atoms with van der Waals surface area (Å²) in [7, 11) is 3.53. The van der Waals surface area contributed by atoms with Crippen LogP contribution in [0.4, 0.5) is 0 Å². The maximum atomic E-state index is 6.06. The van der Waals surface area contributed by atoms with E-state index in [-0.39, 0.29) is 6.04 Å². The molecule has 5 heteroatoms. The SMILES string of the molecule is CCC(N)Cc1cccc(OC)c1OCc1ccn(C)n1. The van der Waals surface area contributed by atoms with Crippen molar-refractivity contribution in [3.63, 3.8) is 0 Å². The smallest absolute Gasteiger partial charge is 0.164 e. The minimum atomic E-state index is 0.120. The average Bonchev–Trinajstić information content (AvgIpc) is 2.91. The van der Waals surface area contributed by atoms with Crippen LogP contribution in [0.5, 0.6) is 11.5 Å². The summed E-state index contributed by atoms with van der Waals surface area (Å²) in [5, 5.41) is 4.31. The number of aromatic nitrogens is 2. The van der Waals surface area contributed by atoms with Crippen molar-refractivity contribution >= 4 is 0 Å². The fourth-order valence-corrected chi connectivity index (χ4v) is 2.16. The predicted molar refractivity (Wildman–Crippen MR) is 82.5 cm³/mol. The van der Waals surface area contributed by atoms with E-state index in [2.05, 4.69) is 12.0 Å². The van der Waals surface area contributed by atoms with E-state index < -0.39 is 0 Å². The van der Waals surface area contributed by atoms with Crippen molar-refractivity contribution in [3.05, 3.63) is 41.7 Å². The van der Waals surface area contributed by atoms with Crippen molar-refractivity contribution in [1.29, 1.82) is 0 Å². The molecule has 1 unspecified atom stereocenters. The normalized spacial score (nSPS) is 12.2. The molecule has 2 aromatic rings. The summed E-state index contributed by atoms with van der Waals surface area (Å²) in [6.45, 7) is 2.49. The molecular weight excluding hydrogens is 266 g/mol. The van der Waals surface area contributed by atoms with Crippen molar-refractivity contribution in [2.45, 2.75) is 32.4 Å². The van der Waals surface area contributed by atoms with E-state index in [0.29, 0.717) is 6.61 Å². The summed E-state index contributed by atoms with van der Waals surface area (Å²) < 4.78 is 13.1. The van der Waals surface area contributed by atoms with Gasteiger partial charge in [-0.3, -0.25) is 4.68 Å². The molecule has 0 fully saturated rings. The van der Waals surface area contributed by atoms with Gasteiger partial charge in [-0.05, 0) is 30.5 Å². The van der Waals surface area contributed by atoms with Gasteiger partial charge in [0.05, 0.1) is 12.8 Å². The van der Waals surface area contributed by atoms with E-state index in [1.54, 1.807) is 11.8 Å². The van der Waals surface area contributed by atoms with Gasteiger partial charge in [0.1, 0.15) is 6.61 Å². The van der Waals surface area contributed by atoms with Crippen molar-refractivity contribution in [3.8, 4) is 11.5 Å². The number of hydrogen-bond acceptors (Lipinski definition) is 4. The number of aryl methyl sites for hydroxylation is 1. The van der Waals surface area contributed by atoms with Crippen LogP contribution in [-0.2, 0) is 20.1 Å². The lowest BCUT2D eigenvalue weighted by atomic mass is 10.0. The van der Waals surface area contributed by atoms with Crippen LogP contribution < -0.4 is 15.2 Å². The van der Waals surface area contributed by atoms with Crippen LogP contribution in [0.3, 0.4) is 0 Å². The van der Waals surface area contributed by atoms with Gasteiger partial charge in [-0.15, -0.1) is 0 Å². The lowest BCUT2D eigenvalue weighted by Crippen LogP contribution is -2.21. The van der Waals surface area contributed by atoms with E-state index >= 15 is 0 Å². The molecule has 1 aromatic heterocycles. The number of nitrogens with two attached hydrogens (primary N) is 1. The summed E-state index contributed by atoms with van der Waals surface area (Å²) >= 11 is 0. The molecular formula is C16H23N3O2. The number of rotatable bonds is 7. The summed E-state index contributed by atoms with van der Waals surface area (Å²) in [4.78, 5) is 0. The molecule has 1 aromatic carbocycles. The first-order valence-corrected chi connectivity index (χ1v) is 7.16. The fraction of sp³-hybridized carbons (Fsp3) is 0.438. The second-order valence-corrected chi connectivity index (χ2v) is 5.09. The quantitative estimate of drug-likeness (QED) is 0.849. The van der Waals surface area contributed by atoms with Crippen molar-refractivity contribution in [2.24, 2.45) is 12.8 Å². The first kappa shape index (κ1) is 15.4. The molecule has 1 atom stereocenters. The third-order valence-electron chi connectivity index (χ3n) is 3.42. The van der Waals surface area contributed by atoms with Crippen LogP contribution in [0.1, 0.15) is 24.6 Å². The Balaban J connectivity index is 2.18. The van der Waals surface area contributed by atoms with Crippen LogP contribution in [0.15, 0.2) is 30.5 Å². The zero-order valence-electron chi connectivity index (χ0n) is 12.9. The molecule has 114 valence electrons. The molecule has 1 heterocycles. The lowest BCUT2D eigenvalue weighted by Gasteiger charge is -2.16. The predicted octanol–water partition coefficient (Wildman–Crippen LogP) is 2.29. The Hall–Kier alpha value is -2.01. The molecule has 2 N–H and O–H groups in total. The van der Waals surface area contributed by atoms with E-state index in [1.807, 2.05) is 37.5 Å². The molecule has 0 amide bonds. The lowest BCUT2D eigenvalue weighted by molar-refractivity contribution is 0.276. The van der Waals surface area contributed by atoms with E-state index in [4.69, 9.17) is 15.2 Å². The van der Waals surface area contributed by atoms with Crippen molar-refractivity contribution in [1.82, 2.24) is 9.78 Å². The highest BCUT2D eigenvalue weighted by Gasteiger charge is 2.13. The number of nitrogens with zero attached hydrogens (tertiary/aromatic N) is 2. The number of methoxy groups -OCH3 is 1. The third-order valence-corrected chi connectivity index (χ3v) is 3.42. The first-order valence-electron chi connectivity index (χ1n) is 7.16. The van der Waals surface area contributed by atoms with Crippen molar-refractivity contribution < 1.29 is 9.47 Å². The fourth-order valence-electron chi connectivity index (χ4n) is 2.16. The zero-order chi connectivity index (χ0) is 15.2. The van der Waals surface area contributed by atoms with E-state index in [1.165, 1.54) is 0 Å². The highest BCUT2D eigenvalue weighted by atomic mass is 16.5. The monoisotopic (exact) mass is 289 g/mol. The number of benzene rings is 1. The first-order chi connectivity index (χ1) is 10.1. The largest absolute Gasteiger partial charge is 0.493 e. The Morgan fingerprint density at radius 3 is 2.76 bits per heavy atom. The van der Waals surface area contributed by atoms with Gasteiger partial charge in [-0.1, -0.05) is 19.1 Å². The molecule has 0 saturated carbocycles.